The number of carbonyl (C=O) groups is 1. The first-order chi connectivity index (χ1) is 9.08. The minimum atomic E-state index is -0.115. The van der Waals surface area contributed by atoms with Crippen molar-refractivity contribution in [3.05, 3.63) is 28.8 Å². The fraction of sp³-hybridized carbons (Fsp3) is 0.533. The van der Waals surface area contributed by atoms with Crippen molar-refractivity contribution in [1.82, 2.24) is 5.32 Å². The van der Waals surface area contributed by atoms with E-state index >= 15 is 0 Å². The number of unbranched alkanes of at least 4 members (excludes halogenated alkanes) is 1. The van der Waals surface area contributed by atoms with Gasteiger partial charge in [-0.15, -0.1) is 12.6 Å². The summed E-state index contributed by atoms with van der Waals surface area (Å²) in [6.07, 6.45) is 4.65. The van der Waals surface area contributed by atoms with Crippen molar-refractivity contribution in [3.8, 4) is 0 Å². The predicted molar refractivity (Wildman–Crippen MR) is 84.3 cm³/mol. The monoisotopic (exact) mass is 299 g/mol. The Balaban J connectivity index is 2.56. The summed E-state index contributed by atoms with van der Waals surface area (Å²) in [5, 5.41) is 3.44. The van der Waals surface area contributed by atoms with Crippen molar-refractivity contribution in [1.29, 1.82) is 0 Å². The molecule has 0 aliphatic carbocycles. The summed E-state index contributed by atoms with van der Waals surface area (Å²) in [5.41, 5.74) is 0.500. The molecule has 0 saturated heterocycles. The Kier molecular flexibility index (Phi) is 7.32. The molecule has 0 aliphatic rings. The van der Waals surface area contributed by atoms with Crippen LogP contribution >= 0.6 is 24.2 Å². The van der Waals surface area contributed by atoms with E-state index in [1.165, 1.54) is 12.8 Å². The summed E-state index contributed by atoms with van der Waals surface area (Å²) in [5.74, 6) is 0.428. The largest absolute Gasteiger partial charge is 0.352 e. The van der Waals surface area contributed by atoms with E-state index in [1.54, 1.807) is 18.2 Å². The summed E-state index contributed by atoms with van der Waals surface area (Å²) < 4.78 is 0. The lowest BCUT2D eigenvalue weighted by molar-refractivity contribution is 0.0945. The molecule has 1 unspecified atom stereocenters. The molecule has 0 aliphatic heterocycles. The second-order valence-corrected chi connectivity index (χ2v) is 5.71. The van der Waals surface area contributed by atoms with Gasteiger partial charge in [-0.1, -0.05) is 44.7 Å². The Bertz CT molecular complexity index is 423. The molecule has 0 saturated carbocycles. The van der Waals surface area contributed by atoms with Crippen LogP contribution in [0.2, 0.25) is 5.02 Å². The van der Waals surface area contributed by atoms with E-state index < -0.39 is 0 Å². The van der Waals surface area contributed by atoms with Gasteiger partial charge >= 0.3 is 0 Å². The Labute approximate surface area is 126 Å². The molecule has 1 amide bonds. The molecule has 0 aromatic heterocycles. The number of halogens is 1. The Morgan fingerprint density at radius 2 is 2.16 bits per heavy atom. The Morgan fingerprint density at radius 3 is 2.79 bits per heavy atom. The third kappa shape index (κ3) is 5.45. The number of amides is 1. The highest BCUT2D eigenvalue weighted by Gasteiger charge is 2.12. The molecule has 0 fully saturated rings. The fourth-order valence-corrected chi connectivity index (χ4v) is 2.37. The van der Waals surface area contributed by atoms with E-state index in [2.05, 4.69) is 31.8 Å². The maximum Gasteiger partial charge on any atom is 0.252 e. The molecule has 1 aromatic rings. The standard InChI is InChI=1S/C15H22ClNOS/c1-3-5-6-11(4-2)10-17-15(18)13-9-12(19)7-8-14(13)16/h7-9,11,19H,3-6,10H2,1-2H3,(H,17,18). The quantitative estimate of drug-likeness (QED) is 0.709. The SMILES string of the molecule is CCCCC(CC)CNC(=O)c1cc(S)ccc1Cl. The van der Waals surface area contributed by atoms with Crippen LogP contribution < -0.4 is 5.32 Å². The van der Waals surface area contributed by atoms with E-state index in [0.29, 0.717) is 23.0 Å². The van der Waals surface area contributed by atoms with Crippen LogP contribution in [0.1, 0.15) is 49.9 Å². The van der Waals surface area contributed by atoms with E-state index in [-0.39, 0.29) is 5.91 Å². The van der Waals surface area contributed by atoms with Crippen LogP contribution in [0.25, 0.3) is 0 Å². The molecule has 1 rings (SSSR count). The second-order valence-electron chi connectivity index (χ2n) is 4.79. The first-order valence-corrected chi connectivity index (χ1v) is 7.67. The van der Waals surface area contributed by atoms with Gasteiger partial charge in [0.15, 0.2) is 0 Å². The molecule has 0 bridgehead atoms. The molecule has 1 atom stereocenters. The van der Waals surface area contributed by atoms with Crippen molar-refractivity contribution in [2.45, 2.75) is 44.4 Å². The van der Waals surface area contributed by atoms with E-state index in [0.717, 1.165) is 17.7 Å². The van der Waals surface area contributed by atoms with E-state index in [1.807, 2.05) is 0 Å². The zero-order chi connectivity index (χ0) is 14.3. The summed E-state index contributed by atoms with van der Waals surface area (Å²) in [6, 6.07) is 5.18. The van der Waals surface area contributed by atoms with Crippen LogP contribution in [0.5, 0.6) is 0 Å². The van der Waals surface area contributed by atoms with Gasteiger partial charge in [-0.25, -0.2) is 0 Å². The summed E-state index contributed by atoms with van der Waals surface area (Å²) in [4.78, 5) is 12.8. The van der Waals surface area contributed by atoms with E-state index in [4.69, 9.17) is 11.6 Å². The molecule has 106 valence electrons. The molecular weight excluding hydrogens is 278 g/mol. The number of rotatable bonds is 7. The van der Waals surface area contributed by atoms with Gasteiger partial charge in [-0.2, -0.15) is 0 Å². The molecule has 4 heteroatoms. The van der Waals surface area contributed by atoms with E-state index in [9.17, 15) is 4.79 Å². The van der Waals surface area contributed by atoms with Gasteiger partial charge in [-0.05, 0) is 30.5 Å². The van der Waals surface area contributed by atoms with Crippen molar-refractivity contribution in [3.63, 3.8) is 0 Å². The lowest BCUT2D eigenvalue weighted by Gasteiger charge is -2.15. The number of benzene rings is 1. The van der Waals surface area contributed by atoms with Gasteiger partial charge in [0.2, 0.25) is 0 Å². The molecule has 19 heavy (non-hydrogen) atoms. The van der Waals surface area contributed by atoms with Crippen LogP contribution in [0.4, 0.5) is 0 Å². The van der Waals surface area contributed by atoms with Gasteiger partial charge in [0.1, 0.15) is 0 Å². The molecule has 0 radical (unpaired) electrons. The Morgan fingerprint density at radius 1 is 1.42 bits per heavy atom. The molecular formula is C15H22ClNOS. The summed E-state index contributed by atoms with van der Waals surface area (Å²) in [6.45, 7) is 5.06. The highest BCUT2D eigenvalue weighted by atomic mass is 35.5. The smallest absolute Gasteiger partial charge is 0.252 e. The van der Waals surface area contributed by atoms with Gasteiger partial charge in [0.25, 0.3) is 5.91 Å². The predicted octanol–water partition coefficient (Wildman–Crippen LogP) is 4.57. The minimum absolute atomic E-state index is 0.115. The van der Waals surface area contributed by atoms with Crippen molar-refractivity contribution >= 4 is 30.1 Å². The van der Waals surface area contributed by atoms with Crippen LogP contribution in [-0.4, -0.2) is 12.5 Å². The number of hydrogen-bond donors (Lipinski definition) is 2. The molecule has 1 N–H and O–H groups in total. The third-order valence-corrected chi connectivity index (χ3v) is 3.90. The summed E-state index contributed by atoms with van der Waals surface area (Å²) in [7, 11) is 0. The highest BCUT2D eigenvalue weighted by Crippen LogP contribution is 2.20. The summed E-state index contributed by atoms with van der Waals surface area (Å²) >= 11 is 10.3. The highest BCUT2D eigenvalue weighted by molar-refractivity contribution is 7.80. The number of nitrogens with one attached hydrogen (secondary N) is 1. The number of hydrogen-bond acceptors (Lipinski definition) is 2. The zero-order valence-electron chi connectivity index (χ0n) is 11.6. The molecule has 0 spiro atoms. The first kappa shape index (κ1) is 16.4. The lowest BCUT2D eigenvalue weighted by Crippen LogP contribution is -2.29. The second kappa shape index (κ2) is 8.49. The molecule has 0 heterocycles. The van der Waals surface area contributed by atoms with Crippen LogP contribution in [-0.2, 0) is 0 Å². The van der Waals surface area contributed by atoms with Crippen molar-refractivity contribution in [2.75, 3.05) is 6.54 Å². The fourth-order valence-electron chi connectivity index (χ4n) is 1.96. The maximum atomic E-state index is 12.1. The van der Waals surface area contributed by atoms with Crippen LogP contribution in [0.15, 0.2) is 23.1 Å². The topological polar surface area (TPSA) is 29.1 Å². The average Bonchev–Trinajstić information content (AvgIpc) is 2.41. The van der Waals surface area contributed by atoms with Gasteiger partial charge in [-0.3, -0.25) is 4.79 Å². The van der Waals surface area contributed by atoms with Crippen LogP contribution in [0.3, 0.4) is 0 Å². The average molecular weight is 300 g/mol. The van der Waals surface area contributed by atoms with Crippen molar-refractivity contribution in [2.24, 2.45) is 5.92 Å². The van der Waals surface area contributed by atoms with Crippen molar-refractivity contribution < 1.29 is 4.79 Å². The Hall–Kier alpha value is -0.670. The number of carbonyl (C=O) groups excluding carboxylic acids is 1. The molecule has 2 nitrogen and oxygen atoms in total. The van der Waals surface area contributed by atoms with Gasteiger partial charge < -0.3 is 5.32 Å². The first-order valence-electron chi connectivity index (χ1n) is 6.85. The minimum Gasteiger partial charge on any atom is -0.352 e. The normalized spacial score (nSPS) is 12.2. The van der Waals surface area contributed by atoms with Gasteiger partial charge in [0.05, 0.1) is 10.6 Å². The third-order valence-electron chi connectivity index (χ3n) is 3.29. The maximum absolute atomic E-state index is 12.1. The zero-order valence-corrected chi connectivity index (χ0v) is 13.2. The van der Waals surface area contributed by atoms with Gasteiger partial charge in [0, 0.05) is 11.4 Å². The molecule has 1 aromatic carbocycles. The number of thiol groups is 1. The van der Waals surface area contributed by atoms with Crippen LogP contribution in [0, 0.1) is 5.92 Å². The lowest BCUT2D eigenvalue weighted by atomic mass is 9.99.